The molecular weight excluding hydrogens is 334 g/mol. The predicted molar refractivity (Wildman–Crippen MR) is 85.4 cm³/mol. The molecular formula is C16H22BrNO3. The summed E-state index contributed by atoms with van der Waals surface area (Å²) in [5.74, 6) is -0.219. The van der Waals surface area contributed by atoms with E-state index in [1.165, 1.54) is 0 Å². The third-order valence-electron chi connectivity index (χ3n) is 4.27. The van der Waals surface area contributed by atoms with Crippen molar-refractivity contribution in [2.45, 2.75) is 44.8 Å². The van der Waals surface area contributed by atoms with Crippen LogP contribution in [0.3, 0.4) is 0 Å². The summed E-state index contributed by atoms with van der Waals surface area (Å²) >= 11 is 3.40. The highest BCUT2D eigenvalue weighted by Gasteiger charge is 2.31. The smallest absolute Gasteiger partial charge is 0.335 e. The number of carboxylic acid groups (broad SMARTS) is 1. The number of carbonyl (C=O) groups is 1. The van der Waals surface area contributed by atoms with Crippen LogP contribution in [0.2, 0.25) is 0 Å². The van der Waals surface area contributed by atoms with Crippen LogP contribution in [0.1, 0.15) is 48.5 Å². The number of aliphatic hydroxyl groups is 1. The average Bonchev–Trinajstić information content (AvgIpc) is 2.44. The average molecular weight is 356 g/mol. The molecule has 1 aliphatic rings. The second-order valence-corrected chi connectivity index (χ2v) is 6.98. The first-order valence-corrected chi connectivity index (χ1v) is 8.14. The van der Waals surface area contributed by atoms with Crippen molar-refractivity contribution in [1.82, 2.24) is 5.32 Å². The van der Waals surface area contributed by atoms with Gasteiger partial charge >= 0.3 is 5.97 Å². The lowest BCUT2D eigenvalue weighted by Gasteiger charge is -2.35. The van der Waals surface area contributed by atoms with Crippen molar-refractivity contribution >= 4 is 21.9 Å². The van der Waals surface area contributed by atoms with Gasteiger partial charge in [0.25, 0.3) is 0 Å². The van der Waals surface area contributed by atoms with Gasteiger partial charge in [-0.1, -0.05) is 28.9 Å². The number of benzene rings is 1. The molecule has 116 valence electrons. The fraction of sp³-hybridized carbons (Fsp3) is 0.562. The number of hydrogen-bond donors (Lipinski definition) is 3. The number of halogens is 1. The Kier molecular flexibility index (Phi) is 5.41. The van der Waals surface area contributed by atoms with Crippen LogP contribution in [0.15, 0.2) is 22.7 Å². The number of hydrogen-bond acceptors (Lipinski definition) is 3. The normalized spacial score (nSPS) is 25.8. The van der Waals surface area contributed by atoms with E-state index in [0.717, 1.165) is 35.7 Å². The van der Waals surface area contributed by atoms with Crippen molar-refractivity contribution in [1.29, 1.82) is 0 Å². The molecule has 1 fully saturated rings. The van der Waals surface area contributed by atoms with Crippen LogP contribution in [0, 0.1) is 5.92 Å². The van der Waals surface area contributed by atoms with Gasteiger partial charge in [-0.2, -0.15) is 0 Å². The predicted octanol–water partition coefficient (Wildman–Crippen LogP) is 3.18. The first-order valence-electron chi connectivity index (χ1n) is 7.34. The van der Waals surface area contributed by atoms with Gasteiger partial charge in [0.15, 0.2) is 0 Å². The van der Waals surface area contributed by atoms with E-state index in [9.17, 15) is 9.90 Å². The minimum atomic E-state index is -0.930. The van der Waals surface area contributed by atoms with Crippen molar-refractivity contribution in [3.8, 4) is 0 Å². The zero-order valence-electron chi connectivity index (χ0n) is 12.2. The molecule has 0 aliphatic heterocycles. The van der Waals surface area contributed by atoms with Crippen LogP contribution < -0.4 is 5.32 Å². The molecule has 21 heavy (non-hydrogen) atoms. The molecule has 1 saturated carbocycles. The molecule has 0 heterocycles. The number of nitrogens with one attached hydrogen (secondary N) is 1. The van der Waals surface area contributed by atoms with Crippen LogP contribution in [0.25, 0.3) is 0 Å². The molecule has 0 saturated heterocycles. The van der Waals surface area contributed by atoms with Gasteiger partial charge in [0.1, 0.15) is 0 Å². The fourth-order valence-corrected chi connectivity index (χ4v) is 3.25. The van der Waals surface area contributed by atoms with Crippen molar-refractivity contribution in [2.24, 2.45) is 5.92 Å². The van der Waals surface area contributed by atoms with E-state index < -0.39 is 11.6 Å². The third-order valence-corrected chi connectivity index (χ3v) is 5.01. The second kappa shape index (κ2) is 6.90. The maximum Gasteiger partial charge on any atom is 0.335 e. The van der Waals surface area contributed by atoms with E-state index >= 15 is 0 Å². The summed E-state index contributed by atoms with van der Waals surface area (Å²) in [7, 11) is 0. The molecule has 4 nitrogen and oxygen atoms in total. The summed E-state index contributed by atoms with van der Waals surface area (Å²) in [6.45, 7) is 3.42. The van der Waals surface area contributed by atoms with E-state index in [0.29, 0.717) is 19.0 Å². The minimum Gasteiger partial charge on any atom is -0.478 e. The lowest BCUT2D eigenvalue weighted by molar-refractivity contribution is -0.00631. The molecule has 0 amide bonds. The Bertz CT molecular complexity index is 510. The molecule has 1 aromatic rings. The van der Waals surface area contributed by atoms with Crippen molar-refractivity contribution < 1.29 is 15.0 Å². The fourth-order valence-electron chi connectivity index (χ4n) is 2.73. The molecule has 2 rings (SSSR count). The summed E-state index contributed by atoms with van der Waals surface area (Å²) in [5.41, 5.74) is 0.665. The Hall–Kier alpha value is -0.910. The Balaban J connectivity index is 1.87. The van der Waals surface area contributed by atoms with E-state index in [4.69, 9.17) is 5.11 Å². The van der Waals surface area contributed by atoms with Crippen LogP contribution in [-0.2, 0) is 6.54 Å². The Morgan fingerprint density at radius 2 is 2.10 bits per heavy atom. The van der Waals surface area contributed by atoms with Gasteiger partial charge in [0.05, 0.1) is 11.2 Å². The summed E-state index contributed by atoms with van der Waals surface area (Å²) < 4.78 is 0.777. The largest absolute Gasteiger partial charge is 0.478 e. The van der Waals surface area contributed by atoms with Gasteiger partial charge in [-0.3, -0.25) is 0 Å². The van der Waals surface area contributed by atoms with Gasteiger partial charge < -0.3 is 15.5 Å². The molecule has 0 spiro atoms. The topological polar surface area (TPSA) is 69.6 Å². The second-order valence-electron chi connectivity index (χ2n) is 6.12. The first-order chi connectivity index (χ1) is 9.89. The minimum absolute atomic E-state index is 0.269. The summed E-state index contributed by atoms with van der Waals surface area (Å²) in [6.07, 6.45) is 3.85. The number of rotatable bonds is 5. The Morgan fingerprint density at radius 1 is 1.43 bits per heavy atom. The summed E-state index contributed by atoms with van der Waals surface area (Å²) in [5, 5.41) is 22.7. The molecule has 0 aromatic heterocycles. The maximum absolute atomic E-state index is 10.9. The van der Waals surface area contributed by atoms with Gasteiger partial charge in [-0.05, 0) is 49.3 Å². The molecule has 0 bridgehead atoms. The van der Waals surface area contributed by atoms with Gasteiger partial charge in [-0.15, -0.1) is 0 Å². The van der Waals surface area contributed by atoms with Crippen molar-refractivity contribution in [2.75, 3.05) is 6.54 Å². The third kappa shape index (κ3) is 4.53. The lowest BCUT2D eigenvalue weighted by atomic mass is 9.79. The molecule has 1 aromatic carbocycles. The zero-order valence-corrected chi connectivity index (χ0v) is 13.8. The number of aromatic carboxylic acids is 1. The van der Waals surface area contributed by atoms with Gasteiger partial charge in [-0.25, -0.2) is 4.79 Å². The highest BCUT2D eigenvalue weighted by molar-refractivity contribution is 9.10. The summed E-state index contributed by atoms with van der Waals surface area (Å²) in [4.78, 5) is 10.9. The van der Waals surface area contributed by atoms with E-state index in [-0.39, 0.29) is 5.56 Å². The molecule has 1 aliphatic carbocycles. The van der Waals surface area contributed by atoms with Crippen molar-refractivity contribution in [3.05, 3.63) is 33.8 Å². The molecule has 5 heteroatoms. The molecule has 0 unspecified atom stereocenters. The van der Waals surface area contributed by atoms with Crippen LogP contribution in [0.4, 0.5) is 0 Å². The quantitative estimate of drug-likeness (QED) is 0.758. The van der Waals surface area contributed by atoms with E-state index in [1.54, 1.807) is 18.2 Å². The molecule has 3 N–H and O–H groups in total. The maximum atomic E-state index is 10.9. The SMILES string of the molecule is CC1CCC(O)(CNCc2ccc(C(=O)O)cc2Br)CC1. The van der Waals surface area contributed by atoms with E-state index in [2.05, 4.69) is 28.2 Å². The van der Waals surface area contributed by atoms with Crippen LogP contribution >= 0.6 is 15.9 Å². The first kappa shape index (κ1) is 16.5. The highest BCUT2D eigenvalue weighted by Crippen LogP contribution is 2.31. The lowest BCUT2D eigenvalue weighted by Crippen LogP contribution is -2.43. The monoisotopic (exact) mass is 355 g/mol. The number of carboxylic acids is 1. The van der Waals surface area contributed by atoms with Crippen molar-refractivity contribution in [3.63, 3.8) is 0 Å². The highest BCUT2D eigenvalue weighted by atomic mass is 79.9. The standard InChI is InChI=1S/C16H22BrNO3/c1-11-4-6-16(21,7-5-11)10-18-9-13-3-2-12(15(19)20)8-14(13)17/h2-3,8,11,18,21H,4-7,9-10H2,1H3,(H,19,20). The molecule has 0 radical (unpaired) electrons. The molecule has 0 atom stereocenters. The van der Waals surface area contributed by atoms with Crippen LogP contribution in [0.5, 0.6) is 0 Å². The Morgan fingerprint density at radius 3 is 2.67 bits per heavy atom. The van der Waals surface area contributed by atoms with Gasteiger partial charge in [0, 0.05) is 17.6 Å². The van der Waals surface area contributed by atoms with Crippen LogP contribution in [-0.4, -0.2) is 28.3 Å². The van der Waals surface area contributed by atoms with E-state index in [1.807, 2.05) is 0 Å². The summed E-state index contributed by atoms with van der Waals surface area (Å²) in [6, 6.07) is 5.00. The zero-order chi connectivity index (χ0) is 15.5. The Labute approximate surface area is 133 Å². The van der Waals surface area contributed by atoms with Gasteiger partial charge in [0.2, 0.25) is 0 Å².